The Morgan fingerprint density at radius 3 is 2.36 bits per heavy atom. The number of carbonyl (C=O) groups excluding carboxylic acids is 3. The molecule has 1 saturated heterocycles. The number of benzene rings is 3. The topological polar surface area (TPSA) is 152 Å². The fourth-order valence-electron chi connectivity index (χ4n) is 5.29. The molecule has 3 amide bonds. The van der Waals surface area contributed by atoms with E-state index in [1.165, 1.54) is 48.4 Å². The van der Waals surface area contributed by atoms with Crippen LogP contribution in [0.4, 0.5) is 11.4 Å². The summed E-state index contributed by atoms with van der Waals surface area (Å²) in [5.41, 5.74) is 1.94. The number of amides is 3. The number of primary sulfonamides is 1. The Bertz CT molecular complexity index is 1700. The highest BCUT2D eigenvalue weighted by atomic mass is 32.2. The number of hydrogen-bond acceptors (Lipinski definition) is 8. The molecule has 0 unspecified atom stereocenters. The molecule has 4 rings (SSSR count). The molecule has 3 N–H and O–H groups in total. The van der Waals surface area contributed by atoms with Crippen molar-refractivity contribution in [3.8, 4) is 11.5 Å². The highest BCUT2D eigenvalue weighted by Crippen LogP contribution is 2.31. The lowest BCUT2D eigenvalue weighted by Crippen LogP contribution is -2.47. The van der Waals surface area contributed by atoms with Crippen LogP contribution in [0.25, 0.3) is 0 Å². The van der Waals surface area contributed by atoms with Gasteiger partial charge in [-0.05, 0) is 81.3 Å². The smallest absolute Gasteiger partial charge is 0.259 e. The maximum Gasteiger partial charge on any atom is 0.259 e. The molecule has 252 valence electrons. The van der Waals surface area contributed by atoms with Crippen LogP contribution in [0.2, 0.25) is 0 Å². The summed E-state index contributed by atoms with van der Waals surface area (Å²) in [6.45, 7) is 5.77. The number of methoxy groups -OCH3 is 1. The van der Waals surface area contributed by atoms with Crippen LogP contribution in [0.5, 0.6) is 11.5 Å². The molecule has 3 aromatic rings. The maximum absolute atomic E-state index is 13.6. The van der Waals surface area contributed by atoms with Gasteiger partial charge >= 0.3 is 0 Å². The lowest BCUT2D eigenvalue weighted by atomic mass is 10.1. The van der Waals surface area contributed by atoms with Crippen molar-refractivity contribution in [2.24, 2.45) is 5.14 Å². The van der Waals surface area contributed by atoms with E-state index in [0.717, 1.165) is 51.0 Å². The number of rotatable bonds is 13. The summed E-state index contributed by atoms with van der Waals surface area (Å²) in [5, 5.41) is 7.85. The van der Waals surface area contributed by atoms with Gasteiger partial charge in [-0.15, -0.1) is 0 Å². The van der Waals surface area contributed by atoms with Crippen molar-refractivity contribution in [3.63, 3.8) is 0 Å². The first-order valence-corrected chi connectivity index (χ1v) is 17.0. The van der Waals surface area contributed by atoms with E-state index in [1.807, 2.05) is 30.0 Å². The number of para-hydroxylation sites is 1. The lowest BCUT2D eigenvalue weighted by molar-refractivity contribution is -0.132. The van der Waals surface area contributed by atoms with Gasteiger partial charge in [0.25, 0.3) is 11.8 Å². The fraction of sp³-hybridized carbons (Fsp3) is 0.382. The Labute approximate surface area is 276 Å². The Morgan fingerprint density at radius 2 is 1.66 bits per heavy atom. The summed E-state index contributed by atoms with van der Waals surface area (Å²) in [6, 6.07) is 15.8. The molecule has 12 nitrogen and oxygen atoms in total. The molecule has 0 bridgehead atoms. The number of ether oxygens (including phenoxy) is 2. The number of nitrogens with two attached hydrogens (primary N) is 1. The van der Waals surface area contributed by atoms with E-state index < -0.39 is 15.9 Å². The second kappa shape index (κ2) is 15.9. The minimum Gasteiger partial charge on any atom is -0.496 e. The number of likely N-dealkylation sites (N-methyl/N-ethyl adjacent to an activating group) is 1. The summed E-state index contributed by atoms with van der Waals surface area (Å²) in [4.78, 5) is 44.6. The van der Waals surface area contributed by atoms with Crippen molar-refractivity contribution in [1.82, 2.24) is 9.80 Å². The second-order valence-electron chi connectivity index (χ2n) is 11.6. The molecular weight excluding hydrogens is 622 g/mol. The predicted octanol–water partition coefficient (Wildman–Crippen LogP) is 3.89. The van der Waals surface area contributed by atoms with Gasteiger partial charge in [0.15, 0.2) is 0 Å². The highest BCUT2D eigenvalue weighted by Gasteiger charge is 2.23. The third kappa shape index (κ3) is 9.31. The number of sulfonamides is 1. The average molecular weight is 666 g/mol. The zero-order valence-electron chi connectivity index (χ0n) is 27.3. The van der Waals surface area contributed by atoms with E-state index in [2.05, 4.69) is 17.3 Å². The van der Waals surface area contributed by atoms with E-state index in [4.69, 9.17) is 14.6 Å². The summed E-state index contributed by atoms with van der Waals surface area (Å²) >= 11 is 0. The van der Waals surface area contributed by atoms with Crippen molar-refractivity contribution in [1.29, 1.82) is 0 Å². The zero-order chi connectivity index (χ0) is 34.1. The van der Waals surface area contributed by atoms with E-state index >= 15 is 0 Å². The van der Waals surface area contributed by atoms with Gasteiger partial charge in [-0.25, -0.2) is 13.6 Å². The molecule has 0 aromatic heterocycles. The van der Waals surface area contributed by atoms with Crippen LogP contribution in [0.15, 0.2) is 65.6 Å². The standard InChI is InChI=1S/C34H43N5O7S/c1-24-13-16-28(30(22-24)46-21-9-5-6-12-32(40)39-19-17-37(2)18-20-39)38(3)34(42)25-14-15-26(29(23-25)45-4)33(41)36-27-10-7-8-11-31(27)47(35,43)44/h7-8,10-11,13-16,22-23H,5-6,9,12,17-21H2,1-4H3,(H,36,41)(H2,35,43,44). The van der Waals surface area contributed by atoms with E-state index in [1.54, 1.807) is 13.1 Å². The molecule has 1 heterocycles. The monoisotopic (exact) mass is 665 g/mol. The molecule has 0 saturated carbocycles. The predicted molar refractivity (Wildman–Crippen MR) is 181 cm³/mol. The summed E-state index contributed by atoms with van der Waals surface area (Å²) < 4.78 is 35.5. The van der Waals surface area contributed by atoms with E-state index in [9.17, 15) is 22.8 Å². The largest absolute Gasteiger partial charge is 0.496 e. The van der Waals surface area contributed by atoms with Crippen molar-refractivity contribution in [3.05, 3.63) is 77.4 Å². The summed E-state index contributed by atoms with van der Waals surface area (Å²) in [7, 11) is 1.00. The average Bonchev–Trinajstić information content (AvgIpc) is 3.05. The van der Waals surface area contributed by atoms with Crippen molar-refractivity contribution in [2.45, 2.75) is 37.5 Å². The lowest BCUT2D eigenvalue weighted by Gasteiger charge is -2.32. The van der Waals surface area contributed by atoms with Gasteiger partial charge in [-0.2, -0.15) is 0 Å². The Balaban J connectivity index is 1.38. The van der Waals surface area contributed by atoms with Crippen molar-refractivity contribution >= 4 is 39.1 Å². The van der Waals surface area contributed by atoms with Crippen molar-refractivity contribution in [2.75, 3.05) is 64.2 Å². The van der Waals surface area contributed by atoms with Gasteiger partial charge in [0.05, 0.1) is 30.7 Å². The SMILES string of the molecule is COc1cc(C(=O)N(C)c2ccc(C)cc2OCCCCCC(=O)N2CCN(C)CC2)ccc1C(=O)Nc1ccccc1S(N)(=O)=O. The van der Waals surface area contributed by atoms with Crippen LogP contribution in [0, 0.1) is 6.92 Å². The van der Waals surface area contributed by atoms with Crippen molar-refractivity contribution < 1.29 is 32.3 Å². The van der Waals surface area contributed by atoms with Crippen LogP contribution < -0.4 is 24.8 Å². The van der Waals surface area contributed by atoms with Crippen LogP contribution in [-0.2, 0) is 14.8 Å². The minimum absolute atomic E-state index is 0.0213. The number of nitrogens with zero attached hydrogens (tertiary/aromatic N) is 3. The number of carbonyl (C=O) groups is 3. The van der Waals surface area contributed by atoms with Crippen LogP contribution in [0.3, 0.4) is 0 Å². The minimum atomic E-state index is -4.08. The molecule has 3 aromatic carbocycles. The molecule has 1 aliphatic rings. The second-order valence-corrected chi connectivity index (χ2v) is 13.1. The number of nitrogens with one attached hydrogen (secondary N) is 1. The number of hydrogen-bond donors (Lipinski definition) is 2. The number of unbranched alkanes of at least 4 members (excludes halogenated alkanes) is 2. The highest BCUT2D eigenvalue weighted by molar-refractivity contribution is 7.89. The van der Waals surface area contributed by atoms with E-state index in [-0.39, 0.29) is 39.3 Å². The molecule has 1 aliphatic heterocycles. The maximum atomic E-state index is 13.6. The molecule has 0 aliphatic carbocycles. The molecule has 0 radical (unpaired) electrons. The molecule has 0 atom stereocenters. The van der Waals surface area contributed by atoms with Crippen LogP contribution in [0.1, 0.15) is 52.0 Å². The van der Waals surface area contributed by atoms with Gasteiger partial charge in [0.1, 0.15) is 16.4 Å². The molecular formula is C34H43N5O7S. The van der Waals surface area contributed by atoms with E-state index in [0.29, 0.717) is 24.5 Å². The summed E-state index contributed by atoms with van der Waals surface area (Å²) in [5.74, 6) is -0.0980. The Morgan fingerprint density at radius 1 is 0.936 bits per heavy atom. The summed E-state index contributed by atoms with van der Waals surface area (Å²) in [6.07, 6.45) is 2.94. The van der Waals surface area contributed by atoms with Gasteiger partial charge < -0.3 is 29.5 Å². The number of piperazine rings is 1. The van der Waals surface area contributed by atoms with Crippen LogP contribution in [-0.4, -0.2) is 89.9 Å². The first kappa shape index (κ1) is 35.4. The Hall–Kier alpha value is -4.46. The fourth-order valence-corrected chi connectivity index (χ4v) is 5.98. The Kier molecular flexibility index (Phi) is 12.0. The third-order valence-electron chi connectivity index (χ3n) is 8.06. The van der Waals surface area contributed by atoms with Gasteiger partial charge in [0, 0.05) is 45.2 Å². The van der Waals surface area contributed by atoms with Gasteiger partial charge in [-0.3, -0.25) is 14.4 Å². The molecule has 1 fully saturated rings. The molecule has 13 heteroatoms. The first-order valence-electron chi connectivity index (χ1n) is 15.5. The quantitative estimate of drug-likeness (QED) is 0.261. The van der Waals surface area contributed by atoms with Gasteiger partial charge in [0.2, 0.25) is 15.9 Å². The molecule has 47 heavy (non-hydrogen) atoms. The third-order valence-corrected chi connectivity index (χ3v) is 9.03. The number of aryl methyl sites for hydroxylation is 1. The molecule has 0 spiro atoms. The number of anilines is 2. The zero-order valence-corrected chi connectivity index (χ0v) is 28.1. The van der Waals surface area contributed by atoms with Gasteiger partial charge in [-0.1, -0.05) is 18.2 Å². The first-order chi connectivity index (χ1) is 22.4. The normalized spacial score (nSPS) is 13.6. The van der Waals surface area contributed by atoms with Crippen LogP contribution >= 0.6 is 0 Å².